The molecular formula is C22H23ClN2O5. The summed E-state index contributed by atoms with van der Waals surface area (Å²) >= 11 is 6.25. The van der Waals surface area contributed by atoms with Gasteiger partial charge in [0.25, 0.3) is 0 Å². The van der Waals surface area contributed by atoms with Crippen LogP contribution >= 0.6 is 11.6 Å². The second kappa shape index (κ2) is 8.26. The minimum atomic E-state index is -0.251. The number of hydrogen-bond acceptors (Lipinski definition) is 7. The Balaban J connectivity index is 2.07. The van der Waals surface area contributed by atoms with E-state index in [4.69, 9.17) is 25.5 Å². The second-order valence-corrected chi connectivity index (χ2v) is 7.70. The van der Waals surface area contributed by atoms with Gasteiger partial charge in [-0.05, 0) is 32.1 Å². The normalized spacial score (nSPS) is 19.4. The Hall–Kier alpha value is -2.61. The summed E-state index contributed by atoms with van der Waals surface area (Å²) in [5, 5.41) is 10.6. The molecule has 0 aliphatic carbocycles. The van der Waals surface area contributed by atoms with Gasteiger partial charge in [0.05, 0.1) is 26.4 Å². The van der Waals surface area contributed by atoms with Gasteiger partial charge < -0.3 is 23.9 Å². The smallest absolute Gasteiger partial charge is 0.197 e. The van der Waals surface area contributed by atoms with E-state index in [1.54, 1.807) is 31.5 Å². The van der Waals surface area contributed by atoms with Gasteiger partial charge in [-0.1, -0.05) is 11.6 Å². The van der Waals surface area contributed by atoms with Crippen LogP contribution < -0.4 is 14.9 Å². The van der Waals surface area contributed by atoms with E-state index in [0.29, 0.717) is 33.8 Å². The number of aliphatic hydroxyl groups is 1. The maximum atomic E-state index is 13.1. The predicted molar refractivity (Wildman–Crippen MR) is 115 cm³/mol. The van der Waals surface area contributed by atoms with E-state index in [-0.39, 0.29) is 29.1 Å². The van der Waals surface area contributed by atoms with E-state index in [2.05, 4.69) is 9.88 Å². The van der Waals surface area contributed by atoms with E-state index in [0.717, 1.165) is 18.5 Å². The van der Waals surface area contributed by atoms with Crippen LogP contribution in [0, 0.1) is 0 Å². The number of halogens is 1. The Kier molecular flexibility index (Phi) is 5.69. The van der Waals surface area contributed by atoms with Crippen molar-refractivity contribution in [3.8, 4) is 22.8 Å². The molecule has 30 heavy (non-hydrogen) atoms. The highest BCUT2D eigenvalue weighted by Crippen LogP contribution is 2.45. The van der Waals surface area contributed by atoms with Crippen LogP contribution in [0.25, 0.3) is 22.3 Å². The van der Waals surface area contributed by atoms with Crippen LogP contribution in [0.15, 0.2) is 39.7 Å². The SMILES string of the molecule is COc1cc(OC)c2c(=O)cc(-c3cccnc3Cl)oc2c1C1CCN(C)C1CO. The fraction of sp³-hybridized carbons (Fsp3) is 0.364. The summed E-state index contributed by atoms with van der Waals surface area (Å²) in [6.45, 7) is 0.793. The number of methoxy groups -OCH3 is 2. The average Bonchev–Trinajstić information content (AvgIpc) is 3.12. The number of rotatable bonds is 5. The molecule has 3 aromatic rings. The van der Waals surface area contributed by atoms with Gasteiger partial charge in [-0.15, -0.1) is 0 Å². The Morgan fingerprint density at radius 2 is 2.07 bits per heavy atom. The second-order valence-electron chi connectivity index (χ2n) is 7.34. The lowest BCUT2D eigenvalue weighted by atomic mass is 9.89. The molecular weight excluding hydrogens is 408 g/mol. The zero-order valence-electron chi connectivity index (χ0n) is 17.0. The first-order chi connectivity index (χ1) is 14.5. The molecule has 2 atom stereocenters. The van der Waals surface area contributed by atoms with Gasteiger partial charge in [0.2, 0.25) is 0 Å². The van der Waals surface area contributed by atoms with Crippen LogP contribution in [-0.2, 0) is 0 Å². The molecule has 0 amide bonds. The van der Waals surface area contributed by atoms with Gasteiger partial charge in [0.1, 0.15) is 33.4 Å². The zero-order valence-corrected chi connectivity index (χ0v) is 17.8. The molecule has 1 aromatic carbocycles. The number of pyridine rings is 1. The Labute approximate surface area is 178 Å². The molecule has 2 unspecified atom stereocenters. The highest BCUT2D eigenvalue weighted by Gasteiger charge is 2.37. The first kappa shape index (κ1) is 20.7. The first-order valence-corrected chi connectivity index (χ1v) is 10.0. The van der Waals surface area contributed by atoms with Crippen molar-refractivity contribution in [2.24, 2.45) is 0 Å². The molecule has 7 nitrogen and oxygen atoms in total. The number of likely N-dealkylation sites (N-methyl/N-ethyl adjacent to an activating group) is 1. The lowest BCUT2D eigenvalue weighted by Gasteiger charge is -2.25. The minimum Gasteiger partial charge on any atom is -0.496 e. The summed E-state index contributed by atoms with van der Waals surface area (Å²) in [7, 11) is 5.03. The van der Waals surface area contributed by atoms with Gasteiger partial charge in [-0.25, -0.2) is 4.98 Å². The van der Waals surface area contributed by atoms with Crippen molar-refractivity contribution >= 4 is 22.6 Å². The fourth-order valence-electron chi connectivity index (χ4n) is 4.29. The predicted octanol–water partition coefficient (Wildman–Crippen LogP) is 3.31. The van der Waals surface area contributed by atoms with Gasteiger partial charge in [-0.2, -0.15) is 0 Å². The minimum absolute atomic E-state index is 0.0177. The molecule has 0 radical (unpaired) electrons. The maximum Gasteiger partial charge on any atom is 0.197 e. The fourth-order valence-corrected chi connectivity index (χ4v) is 4.50. The van der Waals surface area contributed by atoms with E-state index >= 15 is 0 Å². The van der Waals surface area contributed by atoms with E-state index in [1.807, 2.05) is 7.05 Å². The molecule has 2 aromatic heterocycles. The summed E-state index contributed by atoms with van der Waals surface area (Å²) in [6.07, 6.45) is 2.36. The van der Waals surface area contributed by atoms with Gasteiger partial charge in [0.15, 0.2) is 5.43 Å². The summed E-state index contributed by atoms with van der Waals surface area (Å²) in [6, 6.07) is 6.46. The quantitative estimate of drug-likeness (QED) is 0.621. The van der Waals surface area contributed by atoms with E-state index in [1.165, 1.54) is 13.2 Å². The van der Waals surface area contributed by atoms with Gasteiger partial charge in [0, 0.05) is 35.9 Å². The van der Waals surface area contributed by atoms with Crippen molar-refractivity contribution in [1.29, 1.82) is 0 Å². The number of hydrogen-bond donors (Lipinski definition) is 1. The van der Waals surface area contributed by atoms with Crippen LogP contribution in [-0.4, -0.2) is 55.5 Å². The van der Waals surface area contributed by atoms with Crippen LogP contribution in [0.3, 0.4) is 0 Å². The number of likely N-dealkylation sites (tertiary alicyclic amines) is 1. The van der Waals surface area contributed by atoms with Crippen LogP contribution in [0.2, 0.25) is 5.15 Å². The molecule has 4 rings (SSSR count). The van der Waals surface area contributed by atoms with Gasteiger partial charge >= 0.3 is 0 Å². The number of benzene rings is 1. The summed E-state index contributed by atoms with van der Waals surface area (Å²) in [4.78, 5) is 19.3. The Morgan fingerprint density at radius 3 is 2.73 bits per heavy atom. The number of ether oxygens (including phenoxy) is 2. The third-order valence-corrected chi connectivity index (χ3v) is 6.11. The van der Waals surface area contributed by atoms with E-state index in [9.17, 15) is 9.90 Å². The third kappa shape index (κ3) is 3.33. The highest BCUT2D eigenvalue weighted by atomic mass is 35.5. The molecule has 1 N–H and O–H groups in total. The molecule has 1 saturated heterocycles. The molecule has 3 heterocycles. The monoisotopic (exact) mass is 430 g/mol. The third-order valence-electron chi connectivity index (χ3n) is 5.81. The maximum absolute atomic E-state index is 13.1. The number of nitrogens with zero attached hydrogens (tertiary/aromatic N) is 2. The molecule has 0 saturated carbocycles. The molecule has 8 heteroatoms. The van der Waals surface area contributed by atoms with Crippen molar-refractivity contribution < 1.29 is 19.0 Å². The summed E-state index contributed by atoms with van der Waals surface area (Å²) in [5.74, 6) is 1.16. The summed E-state index contributed by atoms with van der Waals surface area (Å²) < 4.78 is 17.4. The Bertz CT molecular complexity index is 1150. The highest BCUT2D eigenvalue weighted by molar-refractivity contribution is 6.31. The van der Waals surface area contributed by atoms with Crippen LogP contribution in [0.5, 0.6) is 11.5 Å². The van der Waals surface area contributed by atoms with Crippen molar-refractivity contribution in [3.63, 3.8) is 0 Å². The lowest BCUT2D eigenvalue weighted by molar-refractivity contribution is 0.171. The molecule has 1 aliphatic rings. The molecule has 1 fully saturated rings. The van der Waals surface area contributed by atoms with Crippen LogP contribution in [0.1, 0.15) is 17.9 Å². The van der Waals surface area contributed by atoms with E-state index < -0.39 is 0 Å². The summed E-state index contributed by atoms with van der Waals surface area (Å²) in [5.41, 5.74) is 1.40. The zero-order chi connectivity index (χ0) is 21.4. The molecule has 0 spiro atoms. The van der Waals surface area contributed by atoms with Crippen molar-refractivity contribution in [2.45, 2.75) is 18.4 Å². The number of fused-ring (bicyclic) bond motifs is 1. The Morgan fingerprint density at radius 1 is 1.30 bits per heavy atom. The van der Waals surface area contributed by atoms with Gasteiger partial charge in [-0.3, -0.25) is 4.79 Å². The average molecular weight is 431 g/mol. The standard InChI is InChI=1S/C22H23ClN2O5/c1-25-8-6-12(14(25)11-26)19-17(28-2)10-18(29-3)20-15(27)9-16(30-21(19)20)13-5-4-7-24-22(13)23/h4-5,7,9-10,12,14,26H,6,8,11H2,1-3H3. The molecule has 158 valence electrons. The lowest BCUT2D eigenvalue weighted by Crippen LogP contribution is -2.32. The molecule has 0 bridgehead atoms. The molecule has 1 aliphatic heterocycles. The number of aliphatic hydroxyl groups excluding tert-OH is 1. The van der Waals surface area contributed by atoms with Crippen molar-refractivity contribution in [1.82, 2.24) is 9.88 Å². The number of aromatic nitrogens is 1. The first-order valence-electron chi connectivity index (χ1n) is 9.64. The largest absolute Gasteiger partial charge is 0.496 e. The van der Waals surface area contributed by atoms with Crippen molar-refractivity contribution in [3.05, 3.63) is 51.4 Å². The van der Waals surface area contributed by atoms with Crippen LogP contribution in [0.4, 0.5) is 0 Å². The van der Waals surface area contributed by atoms with Crippen molar-refractivity contribution in [2.75, 3.05) is 34.4 Å². The topological polar surface area (TPSA) is 85.0 Å².